The summed E-state index contributed by atoms with van der Waals surface area (Å²) in [4.78, 5) is 10.6. The molecule has 1 fully saturated rings. The Bertz CT molecular complexity index is 590. The predicted octanol–water partition coefficient (Wildman–Crippen LogP) is 1.71. The molecule has 0 unspecified atom stereocenters. The molecule has 0 amide bonds. The smallest absolute Gasteiger partial charge is 0.341 e. The van der Waals surface area contributed by atoms with Gasteiger partial charge >= 0.3 is 5.97 Å². The van der Waals surface area contributed by atoms with Gasteiger partial charge in [0.1, 0.15) is 5.75 Å². The minimum absolute atomic E-state index is 0.0675. The average Bonchev–Trinajstić information content (AvgIpc) is 2.98. The molecule has 116 valence electrons. The van der Waals surface area contributed by atoms with E-state index in [2.05, 4.69) is 0 Å². The van der Waals surface area contributed by atoms with E-state index in [0.717, 1.165) is 25.7 Å². The standard InChI is InChI=1S/C14H19NO5S/c1-15(11-4-2-3-5-11)21(18,19)13-8-6-12(7-9-13)20-10-14(16)17/h6-9,11H,2-5,10H2,1H3,(H,16,17). The minimum Gasteiger partial charge on any atom is -0.482 e. The van der Waals surface area contributed by atoms with Gasteiger partial charge in [0.05, 0.1) is 4.90 Å². The summed E-state index contributed by atoms with van der Waals surface area (Å²) in [5.41, 5.74) is 0. The molecule has 1 N–H and O–H groups in total. The summed E-state index contributed by atoms with van der Waals surface area (Å²) in [7, 11) is -1.90. The first-order chi connectivity index (χ1) is 9.91. The monoisotopic (exact) mass is 313 g/mol. The van der Waals surface area contributed by atoms with Crippen molar-refractivity contribution < 1.29 is 23.1 Å². The first kappa shape index (κ1) is 15.8. The lowest BCUT2D eigenvalue weighted by molar-refractivity contribution is -0.139. The van der Waals surface area contributed by atoms with Crippen molar-refractivity contribution in [3.05, 3.63) is 24.3 Å². The molecular formula is C14H19NO5S. The van der Waals surface area contributed by atoms with Crippen LogP contribution in [0.25, 0.3) is 0 Å². The Morgan fingerprint density at radius 1 is 1.29 bits per heavy atom. The third kappa shape index (κ3) is 3.74. The summed E-state index contributed by atoms with van der Waals surface area (Å²) in [5, 5.41) is 8.53. The summed E-state index contributed by atoms with van der Waals surface area (Å²) in [6.07, 6.45) is 3.92. The number of sulfonamides is 1. The van der Waals surface area contributed by atoms with Crippen molar-refractivity contribution in [3.8, 4) is 5.75 Å². The molecule has 0 saturated heterocycles. The Morgan fingerprint density at radius 3 is 2.38 bits per heavy atom. The second-order valence-corrected chi connectivity index (χ2v) is 7.11. The number of aliphatic carboxylic acids is 1. The highest BCUT2D eigenvalue weighted by atomic mass is 32.2. The van der Waals surface area contributed by atoms with Crippen LogP contribution in [0.4, 0.5) is 0 Å². The third-order valence-corrected chi connectivity index (χ3v) is 5.63. The van der Waals surface area contributed by atoms with Crippen molar-refractivity contribution in [1.82, 2.24) is 4.31 Å². The highest BCUT2D eigenvalue weighted by Gasteiger charge is 2.29. The van der Waals surface area contributed by atoms with Gasteiger partial charge < -0.3 is 9.84 Å². The molecule has 1 saturated carbocycles. The minimum atomic E-state index is -3.51. The summed E-state index contributed by atoms with van der Waals surface area (Å²) < 4.78 is 31.4. The van der Waals surface area contributed by atoms with E-state index >= 15 is 0 Å². The summed E-state index contributed by atoms with van der Waals surface area (Å²) in [5.74, 6) is -0.743. The normalized spacial score (nSPS) is 16.3. The molecule has 2 rings (SSSR count). The Balaban J connectivity index is 2.11. The second-order valence-electron chi connectivity index (χ2n) is 5.11. The van der Waals surface area contributed by atoms with Crippen LogP contribution in [0.3, 0.4) is 0 Å². The van der Waals surface area contributed by atoms with E-state index in [-0.39, 0.29) is 10.9 Å². The van der Waals surface area contributed by atoms with Crippen molar-refractivity contribution in [2.75, 3.05) is 13.7 Å². The number of ether oxygens (including phenoxy) is 1. The van der Waals surface area contributed by atoms with Gasteiger partial charge in [0.15, 0.2) is 6.61 Å². The molecule has 0 atom stereocenters. The number of carbonyl (C=O) groups is 1. The van der Waals surface area contributed by atoms with Crippen molar-refractivity contribution in [2.24, 2.45) is 0 Å². The highest BCUT2D eigenvalue weighted by Crippen LogP contribution is 2.27. The maximum atomic E-state index is 12.5. The number of carboxylic acid groups (broad SMARTS) is 1. The number of hydrogen-bond donors (Lipinski definition) is 1. The molecular weight excluding hydrogens is 294 g/mol. The summed E-state index contributed by atoms with van der Waals surface area (Å²) >= 11 is 0. The molecule has 6 nitrogen and oxygen atoms in total. The van der Waals surface area contributed by atoms with E-state index in [4.69, 9.17) is 9.84 Å². The Morgan fingerprint density at radius 2 is 1.86 bits per heavy atom. The molecule has 0 heterocycles. The van der Waals surface area contributed by atoms with Crippen LogP contribution in [-0.2, 0) is 14.8 Å². The van der Waals surface area contributed by atoms with Gasteiger partial charge in [-0.05, 0) is 37.1 Å². The molecule has 0 aliphatic heterocycles. The van der Waals surface area contributed by atoms with Crippen LogP contribution in [-0.4, -0.2) is 43.5 Å². The molecule has 1 aromatic carbocycles. The van der Waals surface area contributed by atoms with Crippen LogP contribution in [0.5, 0.6) is 5.75 Å². The Kier molecular flexibility index (Phi) is 4.84. The number of carboxylic acids is 1. The Hall–Kier alpha value is -1.60. The van der Waals surface area contributed by atoms with Gasteiger partial charge in [-0.3, -0.25) is 0 Å². The van der Waals surface area contributed by atoms with Crippen LogP contribution in [0.2, 0.25) is 0 Å². The Labute approximate surface area is 124 Å². The van der Waals surface area contributed by atoms with Crippen LogP contribution >= 0.6 is 0 Å². The van der Waals surface area contributed by atoms with Crippen molar-refractivity contribution in [2.45, 2.75) is 36.6 Å². The quantitative estimate of drug-likeness (QED) is 0.864. The topological polar surface area (TPSA) is 83.9 Å². The number of benzene rings is 1. The second kappa shape index (κ2) is 6.44. The summed E-state index contributed by atoms with van der Waals surface area (Å²) in [6.45, 7) is -0.450. The van der Waals surface area contributed by atoms with Gasteiger partial charge in [-0.15, -0.1) is 0 Å². The fourth-order valence-electron chi connectivity index (χ4n) is 2.48. The third-order valence-electron chi connectivity index (χ3n) is 3.70. The van der Waals surface area contributed by atoms with E-state index in [0.29, 0.717) is 5.75 Å². The zero-order chi connectivity index (χ0) is 15.5. The van der Waals surface area contributed by atoms with E-state index in [1.807, 2.05) is 0 Å². The fraction of sp³-hybridized carbons (Fsp3) is 0.500. The largest absolute Gasteiger partial charge is 0.482 e. The van der Waals surface area contributed by atoms with E-state index in [1.54, 1.807) is 7.05 Å². The maximum absolute atomic E-state index is 12.5. The molecule has 1 aliphatic rings. The van der Waals surface area contributed by atoms with E-state index in [9.17, 15) is 13.2 Å². The zero-order valence-corrected chi connectivity index (χ0v) is 12.7. The fourth-order valence-corrected chi connectivity index (χ4v) is 3.90. The molecule has 1 aliphatic carbocycles. The lowest BCUT2D eigenvalue weighted by atomic mass is 10.3. The van der Waals surface area contributed by atoms with Gasteiger partial charge in [0.25, 0.3) is 0 Å². The van der Waals surface area contributed by atoms with Gasteiger partial charge in [-0.2, -0.15) is 4.31 Å². The van der Waals surface area contributed by atoms with Crippen LogP contribution in [0.15, 0.2) is 29.2 Å². The SMILES string of the molecule is CN(C1CCCC1)S(=O)(=O)c1ccc(OCC(=O)O)cc1. The number of hydrogen-bond acceptors (Lipinski definition) is 4. The maximum Gasteiger partial charge on any atom is 0.341 e. The summed E-state index contributed by atoms with van der Waals surface area (Å²) in [6, 6.07) is 5.89. The zero-order valence-electron chi connectivity index (χ0n) is 11.9. The van der Waals surface area contributed by atoms with Crippen molar-refractivity contribution in [1.29, 1.82) is 0 Å². The lowest BCUT2D eigenvalue weighted by Gasteiger charge is -2.23. The number of rotatable bonds is 6. The van der Waals surface area contributed by atoms with Crippen molar-refractivity contribution in [3.63, 3.8) is 0 Å². The lowest BCUT2D eigenvalue weighted by Crippen LogP contribution is -2.35. The first-order valence-corrected chi connectivity index (χ1v) is 8.28. The average molecular weight is 313 g/mol. The van der Waals surface area contributed by atoms with E-state index < -0.39 is 22.6 Å². The molecule has 1 aromatic rings. The molecule has 7 heteroatoms. The van der Waals surface area contributed by atoms with Gasteiger partial charge in [-0.1, -0.05) is 12.8 Å². The van der Waals surface area contributed by atoms with Crippen LogP contribution < -0.4 is 4.74 Å². The van der Waals surface area contributed by atoms with Gasteiger partial charge in [-0.25, -0.2) is 13.2 Å². The molecule has 0 radical (unpaired) electrons. The predicted molar refractivity (Wildman–Crippen MR) is 76.8 cm³/mol. The first-order valence-electron chi connectivity index (χ1n) is 6.84. The highest BCUT2D eigenvalue weighted by molar-refractivity contribution is 7.89. The number of nitrogens with zero attached hydrogens (tertiary/aromatic N) is 1. The van der Waals surface area contributed by atoms with Gasteiger partial charge in [0.2, 0.25) is 10.0 Å². The molecule has 0 bridgehead atoms. The van der Waals surface area contributed by atoms with E-state index in [1.165, 1.54) is 28.6 Å². The van der Waals surface area contributed by atoms with Crippen LogP contribution in [0, 0.1) is 0 Å². The molecule has 21 heavy (non-hydrogen) atoms. The molecule has 0 spiro atoms. The van der Waals surface area contributed by atoms with Gasteiger partial charge in [0, 0.05) is 13.1 Å². The van der Waals surface area contributed by atoms with Crippen LogP contribution in [0.1, 0.15) is 25.7 Å². The molecule has 0 aromatic heterocycles. The van der Waals surface area contributed by atoms with Crippen molar-refractivity contribution >= 4 is 16.0 Å².